The van der Waals surface area contributed by atoms with E-state index in [1.807, 2.05) is 13.8 Å². The van der Waals surface area contributed by atoms with E-state index in [0.717, 1.165) is 17.2 Å². The minimum absolute atomic E-state index is 0.0789. The molecule has 0 bridgehead atoms. The van der Waals surface area contributed by atoms with E-state index in [0.29, 0.717) is 24.5 Å². The molecule has 2 N–H and O–H groups in total. The molecule has 1 aliphatic rings. The Morgan fingerprint density at radius 1 is 1.25 bits per heavy atom. The third-order valence-electron chi connectivity index (χ3n) is 5.63. The Labute approximate surface area is 144 Å². The molecule has 1 fully saturated rings. The molecule has 1 heterocycles. The average Bonchev–Trinajstić information content (AvgIpc) is 2.53. The highest BCUT2D eigenvalue weighted by molar-refractivity contribution is 5.76. The number of aryl methyl sites for hydroxylation is 2. The van der Waals surface area contributed by atoms with Crippen LogP contribution < -0.4 is 11.0 Å². The lowest BCUT2D eigenvalue weighted by Gasteiger charge is -2.32. The van der Waals surface area contributed by atoms with Gasteiger partial charge in [0.05, 0.1) is 0 Å². The van der Waals surface area contributed by atoms with Crippen LogP contribution in [-0.4, -0.2) is 21.9 Å². The average molecular weight is 333 g/mol. The van der Waals surface area contributed by atoms with Gasteiger partial charge >= 0.3 is 5.69 Å². The van der Waals surface area contributed by atoms with Gasteiger partial charge in [-0.3, -0.25) is 4.79 Å². The van der Waals surface area contributed by atoms with Gasteiger partial charge in [0.1, 0.15) is 0 Å². The molecule has 0 radical (unpaired) electrons. The zero-order valence-corrected chi connectivity index (χ0v) is 15.4. The van der Waals surface area contributed by atoms with Gasteiger partial charge in [0.2, 0.25) is 5.91 Å². The minimum atomic E-state index is -0.326. The summed E-state index contributed by atoms with van der Waals surface area (Å²) in [7, 11) is 0. The molecule has 2 rings (SSSR count). The van der Waals surface area contributed by atoms with Gasteiger partial charge in [-0.1, -0.05) is 39.0 Å². The van der Waals surface area contributed by atoms with Crippen molar-refractivity contribution in [2.75, 3.05) is 0 Å². The number of hydrogen-bond donors (Lipinski definition) is 2. The Morgan fingerprint density at radius 3 is 2.54 bits per heavy atom. The van der Waals surface area contributed by atoms with Gasteiger partial charge in [-0.05, 0) is 44.6 Å². The second kappa shape index (κ2) is 8.45. The number of amides is 1. The van der Waals surface area contributed by atoms with Crippen molar-refractivity contribution in [2.24, 2.45) is 11.8 Å². The lowest BCUT2D eigenvalue weighted by Crippen LogP contribution is -2.40. The van der Waals surface area contributed by atoms with Gasteiger partial charge in [0, 0.05) is 23.9 Å². The Kier molecular flexibility index (Phi) is 6.58. The topological polar surface area (TPSA) is 74.8 Å². The van der Waals surface area contributed by atoms with Crippen LogP contribution in [0.25, 0.3) is 0 Å². The van der Waals surface area contributed by atoms with Gasteiger partial charge in [0.25, 0.3) is 0 Å². The van der Waals surface area contributed by atoms with Crippen LogP contribution in [0, 0.1) is 25.7 Å². The fourth-order valence-corrected chi connectivity index (χ4v) is 3.89. The van der Waals surface area contributed by atoms with E-state index < -0.39 is 0 Å². The van der Waals surface area contributed by atoms with Crippen LogP contribution in [-0.2, 0) is 11.2 Å². The molecular formula is C19H31N3O2. The first-order chi connectivity index (χ1) is 11.4. The van der Waals surface area contributed by atoms with E-state index in [4.69, 9.17) is 0 Å². The molecule has 134 valence electrons. The maximum atomic E-state index is 12.3. The highest BCUT2D eigenvalue weighted by Crippen LogP contribution is 2.31. The molecule has 0 spiro atoms. The third kappa shape index (κ3) is 4.92. The summed E-state index contributed by atoms with van der Waals surface area (Å²) >= 11 is 0. The Morgan fingerprint density at radius 2 is 1.92 bits per heavy atom. The van der Waals surface area contributed by atoms with Crippen molar-refractivity contribution in [1.82, 2.24) is 15.3 Å². The molecule has 1 saturated carbocycles. The van der Waals surface area contributed by atoms with E-state index in [1.54, 1.807) is 0 Å². The van der Waals surface area contributed by atoms with Gasteiger partial charge in [-0.15, -0.1) is 0 Å². The molecule has 24 heavy (non-hydrogen) atoms. The number of nitrogens with one attached hydrogen (secondary N) is 2. The number of rotatable bonds is 6. The molecule has 5 nitrogen and oxygen atoms in total. The number of hydrogen-bond acceptors (Lipinski definition) is 3. The highest BCUT2D eigenvalue weighted by atomic mass is 16.1. The Bertz CT molecular complexity index is 591. The largest absolute Gasteiger partial charge is 0.353 e. The maximum absolute atomic E-state index is 12.3. The predicted molar refractivity (Wildman–Crippen MR) is 96.0 cm³/mol. The van der Waals surface area contributed by atoms with Crippen LogP contribution in [0.2, 0.25) is 0 Å². The lowest BCUT2D eigenvalue weighted by molar-refractivity contribution is -0.122. The Balaban J connectivity index is 1.85. The second-order valence-corrected chi connectivity index (χ2v) is 7.34. The summed E-state index contributed by atoms with van der Waals surface area (Å²) in [5.74, 6) is 1.34. The van der Waals surface area contributed by atoms with E-state index >= 15 is 0 Å². The summed E-state index contributed by atoms with van der Waals surface area (Å²) in [6.07, 6.45) is 7.64. The number of aromatic amines is 1. The summed E-state index contributed by atoms with van der Waals surface area (Å²) in [5, 5.41) is 3.17. The Hall–Kier alpha value is -1.65. The predicted octanol–water partition coefficient (Wildman–Crippen LogP) is 3.04. The molecule has 5 heteroatoms. The molecule has 0 unspecified atom stereocenters. The van der Waals surface area contributed by atoms with Crippen molar-refractivity contribution in [3.63, 3.8) is 0 Å². The van der Waals surface area contributed by atoms with E-state index in [1.165, 1.54) is 32.1 Å². The maximum Gasteiger partial charge on any atom is 0.345 e. The van der Waals surface area contributed by atoms with Crippen molar-refractivity contribution in [3.05, 3.63) is 27.4 Å². The number of aromatic nitrogens is 2. The fraction of sp³-hybridized carbons (Fsp3) is 0.737. The smallest absolute Gasteiger partial charge is 0.345 e. The van der Waals surface area contributed by atoms with Crippen molar-refractivity contribution in [2.45, 2.75) is 78.7 Å². The minimum Gasteiger partial charge on any atom is -0.353 e. The van der Waals surface area contributed by atoms with Crippen molar-refractivity contribution in [3.8, 4) is 0 Å². The first-order valence-corrected chi connectivity index (χ1v) is 9.24. The van der Waals surface area contributed by atoms with Crippen LogP contribution >= 0.6 is 0 Å². The van der Waals surface area contributed by atoms with Crippen LogP contribution in [0.15, 0.2) is 4.79 Å². The van der Waals surface area contributed by atoms with Crippen molar-refractivity contribution < 1.29 is 4.79 Å². The third-order valence-corrected chi connectivity index (χ3v) is 5.63. The fourth-order valence-electron chi connectivity index (χ4n) is 3.89. The first-order valence-electron chi connectivity index (χ1n) is 9.24. The van der Waals surface area contributed by atoms with Crippen molar-refractivity contribution in [1.29, 1.82) is 0 Å². The first kappa shape index (κ1) is 18.7. The zero-order chi connectivity index (χ0) is 17.7. The SMILES string of the molecule is Cc1nc(=O)[nH]c(C)c1CCC(=O)N[C@H](C)[C@@H](C)C1CCCCC1. The molecule has 1 aromatic rings. The number of H-pyrrole nitrogens is 1. The summed E-state index contributed by atoms with van der Waals surface area (Å²) < 4.78 is 0. The van der Waals surface area contributed by atoms with Crippen LogP contribution in [0.5, 0.6) is 0 Å². The lowest BCUT2D eigenvalue weighted by atomic mass is 9.78. The van der Waals surface area contributed by atoms with Crippen molar-refractivity contribution >= 4 is 5.91 Å². The van der Waals surface area contributed by atoms with Crippen LogP contribution in [0.3, 0.4) is 0 Å². The monoisotopic (exact) mass is 333 g/mol. The highest BCUT2D eigenvalue weighted by Gasteiger charge is 2.25. The number of carbonyl (C=O) groups excluding carboxylic acids is 1. The van der Waals surface area contributed by atoms with Gasteiger partial charge < -0.3 is 10.3 Å². The number of nitrogens with zero attached hydrogens (tertiary/aromatic N) is 1. The van der Waals surface area contributed by atoms with Gasteiger partial charge in [-0.2, -0.15) is 4.98 Å². The van der Waals surface area contributed by atoms with Gasteiger partial charge in [0.15, 0.2) is 0 Å². The summed E-state index contributed by atoms with van der Waals surface area (Å²) in [6, 6.07) is 0.205. The summed E-state index contributed by atoms with van der Waals surface area (Å²) in [4.78, 5) is 30.3. The zero-order valence-electron chi connectivity index (χ0n) is 15.4. The van der Waals surface area contributed by atoms with Gasteiger partial charge in [-0.25, -0.2) is 4.79 Å². The quantitative estimate of drug-likeness (QED) is 0.840. The van der Waals surface area contributed by atoms with E-state index in [2.05, 4.69) is 29.1 Å². The molecule has 1 aromatic heterocycles. The molecule has 1 aliphatic carbocycles. The molecule has 1 amide bonds. The standard InChI is InChI=1S/C19H31N3O2/c1-12(16-8-6-5-7-9-16)13(2)20-18(23)11-10-17-14(3)21-19(24)22-15(17)4/h12-13,16H,5-11H2,1-4H3,(H,20,23)(H,21,22,24)/t12-,13-/m1/s1. The summed E-state index contributed by atoms with van der Waals surface area (Å²) in [6.45, 7) is 8.07. The second-order valence-electron chi connectivity index (χ2n) is 7.34. The van der Waals surface area contributed by atoms with E-state index in [9.17, 15) is 9.59 Å². The molecule has 0 aliphatic heterocycles. The number of carbonyl (C=O) groups is 1. The molecule has 0 saturated heterocycles. The normalized spacial score (nSPS) is 18.2. The van der Waals surface area contributed by atoms with E-state index in [-0.39, 0.29) is 17.6 Å². The molecule has 2 atom stereocenters. The van der Waals surface area contributed by atoms with Crippen LogP contribution in [0.4, 0.5) is 0 Å². The summed E-state index contributed by atoms with van der Waals surface area (Å²) in [5.41, 5.74) is 2.17. The molecule has 0 aromatic carbocycles. The van der Waals surface area contributed by atoms with Crippen LogP contribution in [0.1, 0.15) is 69.3 Å². The molecular weight excluding hydrogens is 302 g/mol.